The van der Waals surface area contributed by atoms with Crippen LogP contribution in [0.2, 0.25) is 0 Å². The maximum atomic E-state index is 5.59. The smallest absolute Gasteiger partial charge is 0.253 e. The van der Waals surface area contributed by atoms with Crippen molar-refractivity contribution in [3.63, 3.8) is 0 Å². The molecule has 0 spiro atoms. The quantitative estimate of drug-likeness (QED) is 0.135. The number of aromatic nitrogens is 2. The van der Waals surface area contributed by atoms with Gasteiger partial charge in [-0.2, -0.15) is 0 Å². The second-order valence-corrected chi connectivity index (χ2v) is 21.7. The van der Waals surface area contributed by atoms with Crippen LogP contribution in [0.3, 0.4) is 0 Å². The highest BCUT2D eigenvalue weighted by Gasteiger charge is 2.45. The van der Waals surface area contributed by atoms with Crippen molar-refractivity contribution >= 4 is 78.8 Å². The molecule has 2 aliphatic rings. The van der Waals surface area contributed by atoms with E-state index in [9.17, 15) is 0 Å². The highest BCUT2D eigenvalue weighted by Crippen LogP contribution is 2.50. The van der Waals surface area contributed by atoms with Gasteiger partial charge in [0.2, 0.25) is 0 Å². The van der Waals surface area contributed by atoms with Crippen LogP contribution in [-0.2, 0) is 0 Å². The zero-order chi connectivity index (χ0) is 54.8. The highest BCUT2D eigenvalue weighted by atomic mass is 15.2. The maximum absolute atomic E-state index is 5.59. The Labute approximate surface area is 483 Å². The summed E-state index contributed by atoms with van der Waals surface area (Å²) in [7, 11) is 0. The predicted molar refractivity (Wildman–Crippen MR) is 349 cm³/mol. The fourth-order valence-corrected chi connectivity index (χ4v) is 13.0. The molecule has 386 valence electrons. The number of hydrogen-bond acceptors (Lipinski definition) is 4. The average Bonchev–Trinajstić information content (AvgIpc) is 1.14. The lowest BCUT2D eigenvalue weighted by Crippen LogP contribution is -2.61. The lowest BCUT2D eigenvalue weighted by molar-refractivity contribution is 1.18. The van der Waals surface area contributed by atoms with E-state index in [0.717, 1.165) is 107 Å². The molecule has 0 radical (unpaired) electrons. The Morgan fingerprint density at radius 1 is 0.229 bits per heavy atom. The molecular formula is C78H51BN4. The third-order valence-electron chi connectivity index (χ3n) is 16.8. The summed E-state index contributed by atoms with van der Waals surface area (Å²) in [6.07, 6.45) is 0. The van der Waals surface area contributed by atoms with Gasteiger partial charge >= 0.3 is 0 Å². The van der Waals surface area contributed by atoms with Crippen molar-refractivity contribution in [1.29, 1.82) is 0 Å². The van der Waals surface area contributed by atoms with E-state index in [-0.39, 0.29) is 6.71 Å². The standard InChI is InChI=1S/C78H51BN4/c1-7-23-52(24-8-1)60-43-61(53-25-9-2-10-26-53)46-65(45-60)82-71-41-39-56-31-19-21-37-67(56)75(71)79-76-68-38-22-20-32-57(68)40-42-72(76)83(66-47-62(54-27-11-3-12-28-54)44-63(48-66)55-29-13-4-14-30-55)74-50-64(49-73(82)77(74)79)78-80-69(58-33-15-5-16-34-58)51-70(81-78)59-35-17-6-18-36-59/h1-51H. The van der Waals surface area contributed by atoms with Gasteiger partial charge in [0.1, 0.15) is 0 Å². The Morgan fingerprint density at radius 3 is 0.916 bits per heavy atom. The molecule has 1 aromatic heterocycles. The topological polar surface area (TPSA) is 32.3 Å². The Bertz CT molecular complexity index is 4370. The van der Waals surface area contributed by atoms with Crippen LogP contribution in [0.1, 0.15) is 0 Å². The molecule has 13 aromatic carbocycles. The second kappa shape index (κ2) is 20.0. The number of rotatable bonds is 9. The fourth-order valence-electron chi connectivity index (χ4n) is 13.0. The van der Waals surface area contributed by atoms with Gasteiger partial charge in [-0.3, -0.25) is 0 Å². The van der Waals surface area contributed by atoms with Gasteiger partial charge in [-0.15, -0.1) is 0 Å². The van der Waals surface area contributed by atoms with Gasteiger partial charge in [-0.1, -0.05) is 243 Å². The average molecular weight is 1060 g/mol. The van der Waals surface area contributed by atoms with Crippen molar-refractivity contribution in [1.82, 2.24) is 9.97 Å². The van der Waals surface area contributed by atoms with E-state index < -0.39 is 0 Å². The van der Waals surface area contributed by atoms with E-state index in [0.29, 0.717) is 5.82 Å². The van der Waals surface area contributed by atoms with Crippen LogP contribution in [0.5, 0.6) is 0 Å². The van der Waals surface area contributed by atoms with Gasteiger partial charge in [0.25, 0.3) is 6.71 Å². The normalized spacial score (nSPS) is 12.3. The molecule has 3 heterocycles. The monoisotopic (exact) mass is 1050 g/mol. The van der Waals surface area contributed by atoms with Crippen LogP contribution in [-0.4, -0.2) is 16.7 Å². The van der Waals surface area contributed by atoms with Crippen LogP contribution >= 0.6 is 0 Å². The van der Waals surface area contributed by atoms with E-state index in [2.05, 4.69) is 319 Å². The summed E-state index contributed by atoms with van der Waals surface area (Å²) >= 11 is 0. The molecule has 0 aliphatic carbocycles. The number of nitrogens with zero attached hydrogens (tertiary/aromatic N) is 4. The first-order chi connectivity index (χ1) is 41.1. The number of benzene rings is 13. The Morgan fingerprint density at radius 2 is 0.554 bits per heavy atom. The van der Waals surface area contributed by atoms with Crippen molar-refractivity contribution in [3.8, 4) is 78.4 Å². The van der Waals surface area contributed by atoms with Crippen molar-refractivity contribution in [3.05, 3.63) is 309 Å². The second-order valence-electron chi connectivity index (χ2n) is 21.7. The van der Waals surface area contributed by atoms with Crippen molar-refractivity contribution in [2.24, 2.45) is 0 Å². The molecule has 0 atom stereocenters. The largest absolute Gasteiger partial charge is 0.311 e. The molecule has 2 aliphatic heterocycles. The molecule has 0 saturated carbocycles. The molecule has 0 unspecified atom stereocenters. The van der Waals surface area contributed by atoms with Gasteiger partial charge in [0.05, 0.1) is 11.4 Å². The molecule has 83 heavy (non-hydrogen) atoms. The molecule has 5 heteroatoms. The van der Waals surface area contributed by atoms with Gasteiger partial charge in [-0.05, 0) is 149 Å². The first-order valence-corrected chi connectivity index (χ1v) is 28.5. The SMILES string of the molecule is c1ccc(-c2cc(-c3ccccc3)cc(N3c4cc(-c5nc(-c6ccccc6)cc(-c6ccccc6)n5)cc5c4B(c4c3ccc3ccccc43)c3c(ccc4ccccc34)N5c3cc(-c4ccccc4)cc(-c4ccccc4)c3)c2)cc1. The molecule has 0 saturated heterocycles. The van der Waals surface area contributed by atoms with Gasteiger partial charge < -0.3 is 9.80 Å². The van der Waals surface area contributed by atoms with E-state index in [4.69, 9.17) is 9.97 Å². The lowest BCUT2D eigenvalue weighted by atomic mass is 9.32. The Balaban J connectivity index is 1.07. The van der Waals surface area contributed by atoms with Crippen LogP contribution in [0.25, 0.3) is 100.0 Å². The van der Waals surface area contributed by atoms with E-state index >= 15 is 0 Å². The van der Waals surface area contributed by atoms with Gasteiger partial charge in [0, 0.05) is 50.8 Å². The molecule has 0 bridgehead atoms. The van der Waals surface area contributed by atoms with Crippen LogP contribution in [0, 0.1) is 0 Å². The van der Waals surface area contributed by atoms with Gasteiger partial charge in [0.15, 0.2) is 5.82 Å². The van der Waals surface area contributed by atoms with Crippen molar-refractivity contribution in [2.45, 2.75) is 0 Å². The first kappa shape index (κ1) is 48.1. The zero-order valence-electron chi connectivity index (χ0n) is 45.3. The minimum atomic E-state index is -0.197. The third-order valence-corrected chi connectivity index (χ3v) is 16.8. The summed E-state index contributed by atoms with van der Waals surface area (Å²) in [5, 5.41) is 4.84. The summed E-state index contributed by atoms with van der Waals surface area (Å²) in [4.78, 5) is 16.3. The first-order valence-electron chi connectivity index (χ1n) is 28.5. The summed E-state index contributed by atoms with van der Waals surface area (Å²) in [6.45, 7) is -0.197. The molecular weight excluding hydrogens is 1000 g/mol. The molecule has 0 N–H and O–H groups in total. The lowest BCUT2D eigenvalue weighted by Gasteiger charge is -2.45. The van der Waals surface area contributed by atoms with Crippen LogP contribution < -0.4 is 26.2 Å². The molecule has 0 amide bonds. The number of hydrogen-bond donors (Lipinski definition) is 0. The zero-order valence-corrected chi connectivity index (χ0v) is 45.3. The molecule has 4 nitrogen and oxygen atoms in total. The number of fused-ring (bicyclic) bond motifs is 8. The number of anilines is 6. The summed E-state index contributed by atoms with van der Waals surface area (Å²) in [5.41, 5.74) is 24.0. The minimum Gasteiger partial charge on any atom is -0.311 e. The molecule has 14 aromatic rings. The molecule has 16 rings (SSSR count). The van der Waals surface area contributed by atoms with Crippen LogP contribution in [0.15, 0.2) is 309 Å². The van der Waals surface area contributed by atoms with Crippen molar-refractivity contribution in [2.75, 3.05) is 9.80 Å². The summed E-state index contributed by atoms with van der Waals surface area (Å²) in [6, 6.07) is 113. The predicted octanol–water partition coefficient (Wildman–Crippen LogP) is 18.5. The highest BCUT2D eigenvalue weighted by molar-refractivity contribution is 7.03. The van der Waals surface area contributed by atoms with E-state index in [1.54, 1.807) is 0 Å². The fraction of sp³-hybridized carbons (Fsp3) is 0. The Hall–Kier alpha value is -10.9. The minimum absolute atomic E-state index is 0.197. The van der Waals surface area contributed by atoms with Crippen LogP contribution in [0.4, 0.5) is 34.1 Å². The summed E-state index contributed by atoms with van der Waals surface area (Å²) < 4.78 is 0. The van der Waals surface area contributed by atoms with E-state index in [1.807, 2.05) is 0 Å². The maximum Gasteiger partial charge on any atom is 0.253 e. The Kier molecular flexibility index (Phi) is 11.6. The van der Waals surface area contributed by atoms with E-state index in [1.165, 1.54) is 37.9 Å². The third kappa shape index (κ3) is 8.40. The summed E-state index contributed by atoms with van der Waals surface area (Å²) in [5.74, 6) is 0.639. The van der Waals surface area contributed by atoms with Crippen molar-refractivity contribution < 1.29 is 0 Å². The molecule has 0 fully saturated rings. The van der Waals surface area contributed by atoms with Gasteiger partial charge in [-0.25, -0.2) is 9.97 Å².